The number of anilines is 1. The summed E-state index contributed by atoms with van der Waals surface area (Å²) in [5, 5.41) is 10.9. The van der Waals surface area contributed by atoms with Gasteiger partial charge in [-0.3, -0.25) is 16.0 Å². The minimum absolute atomic E-state index is 0.0518. The molecular weight excluding hydrogens is 288 g/mol. The van der Waals surface area contributed by atoms with Gasteiger partial charge in [0.1, 0.15) is 5.69 Å². The molecule has 110 valence electrons. The second-order valence-electron chi connectivity index (χ2n) is 4.10. The summed E-state index contributed by atoms with van der Waals surface area (Å²) in [7, 11) is -3.76. The van der Waals surface area contributed by atoms with Crippen molar-refractivity contribution in [3.8, 4) is 0 Å². The number of hydrogen-bond acceptors (Lipinski definition) is 7. The van der Waals surface area contributed by atoms with Crippen LogP contribution in [0, 0.1) is 10.1 Å². The highest BCUT2D eigenvalue weighted by Gasteiger charge is 2.28. The molecule has 1 aromatic rings. The van der Waals surface area contributed by atoms with E-state index in [1.54, 1.807) is 0 Å². The van der Waals surface area contributed by atoms with Gasteiger partial charge in [0, 0.05) is 19.2 Å². The third-order valence-corrected chi connectivity index (χ3v) is 4.82. The molecule has 2 rings (SSSR count). The minimum Gasteiger partial charge on any atom is -0.379 e. The van der Waals surface area contributed by atoms with Gasteiger partial charge in [0.2, 0.25) is 10.0 Å². The number of hydrogen-bond donors (Lipinski definition) is 2. The van der Waals surface area contributed by atoms with E-state index in [-0.39, 0.29) is 29.4 Å². The van der Waals surface area contributed by atoms with Gasteiger partial charge in [0.05, 0.1) is 23.0 Å². The smallest absolute Gasteiger partial charge is 0.294 e. The number of hydrazine groups is 1. The minimum atomic E-state index is -3.76. The molecule has 1 aliphatic rings. The SMILES string of the molecule is NNc1ccc(S(=O)(=O)N2CCOCC2)cc1[N+](=O)[O-]. The highest BCUT2D eigenvalue weighted by molar-refractivity contribution is 7.89. The summed E-state index contributed by atoms with van der Waals surface area (Å²) in [4.78, 5) is 10.1. The molecule has 3 N–H and O–H groups in total. The van der Waals surface area contributed by atoms with Crippen molar-refractivity contribution < 1.29 is 18.1 Å². The van der Waals surface area contributed by atoms with E-state index in [1.807, 2.05) is 0 Å². The van der Waals surface area contributed by atoms with Crippen LogP contribution in [-0.4, -0.2) is 43.9 Å². The number of nitrogens with one attached hydrogen (secondary N) is 1. The van der Waals surface area contributed by atoms with Gasteiger partial charge < -0.3 is 10.2 Å². The van der Waals surface area contributed by atoms with Gasteiger partial charge in [-0.1, -0.05) is 0 Å². The molecule has 0 amide bonds. The quantitative estimate of drug-likeness (QED) is 0.451. The third kappa shape index (κ3) is 2.72. The molecule has 1 heterocycles. The van der Waals surface area contributed by atoms with Crippen molar-refractivity contribution in [2.45, 2.75) is 4.90 Å². The Morgan fingerprint density at radius 1 is 1.35 bits per heavy atom. The summed E-state index contributed by atoms with van der Waals surface area (Å²) >= 11 is 0. The zero-order valence-electron chi connectivity index (χ0n) is 10.5. The molecule has 1 aliphatic heterocycles. The first-order valence-corrected chi connectivity index (χ1v) is 7.24. The van der Waals surface area contributed by atoms with Crippen LogP contribution in [0.5, 0.6) is 0 Å². The molecule has 0 bridgehead atoms. The summed E-state index contributed by atoms with van der Waals surface area (Å²) in [6.45, 7) is 1.08. The van der Waals surface area contributed by atoms with Gasteiger partial charge >= 0.3 is 0 Å². The maximum atomic E-state index is 12.4. The molecule has 0 radical (unpaired) electrons. The molecule has 0 unspecified atom stereocenters. The van der Waals surface area contributed by atoms with Crippen LogP contribution in [-0.2, 0) is 14.8 Å². The van der Waals surface area contributed by atoms with Crippen molar-refractivity contribution in [2.24, 2.45) is 5.84 Å². The molecule has 0 spiro atoms. The number of nitro groups is 1. The Labute approximate surface area is 115 Å². The van der Waals surface area contributed by atoms with E-state index in [0.717, 1.165) is 6.07 Å². The lowest BCUT2D eigenvalue weighted by atomic mass is 10.3. The van der Waals surface area contributed by atoms with Gasteiger partial charge in [-0.05, 0) is 12.1 Å². The summed E-state index contributed by atoms with van der Waals surface area (Å²) in [5.74, 6) is 5.16. The number of rotatable bonds is 4. The van der Waals surface area contributed by atoms with Crippen LogP contribution in [0.25, 0.3) is 0 Å². The van der Waals surface area contributed by atoms with Crippen LogP contribution in [0.3, 0.4) is 0 Å². The van der Waals surface area contributed by atoms with E-state index >= 15 is 0 Å². The number of sulfonamides is 1. The Morgan fingerprint density at radius 3 is 2.55 bits per heavy atom. The van der Waals surface area contributed by atoms with Crippen LogP contribution in [0.15, 0.2) is 23.1 Å². The van der Waals surface area contributed by atoms with Crippen molar-refractivity contribution in [3.05, 3.63) is 28.3 Å². The Kier molecular flexibility index (Phi) is 4.18. The lowest BCUT2D eigenvalue weighted by Gasteiger charge is -2.26. The highest BCUT2D eigenvalue weighted by Crippen LogP contribution is 2.28. The fraction of sp³-hybridized carbons (Fsp3) is 0.400. The number of nitro benzene ring substituents is 1. The van der Waals surface area contributed by atoms with Gasteiger partial charge in [0.25, 0.3) is 5.69 Å². The van der Waals surface area contributed by atoms with Crippen LogP contribution in [0.2, 0.25) is 0 Å². The Hall–Kier alpha value is -1.75. The van der Waals surface area contributed by atoms with Crippen molar-refractivity contribution in [1.82, 2.24) is 4.31 Å². The average Bonchev–Trinajstić information content (AvgIpc) is 2.47. The van der Waals surface area contributed by atoms with Crippen molar-refractivity contribution in [2.75, 3.05) is 31.7 Å². The molecule has 0 atom stereocenters. The molecule has 1 saturated heterocycles. The Balaban J connectivity index is 2.41. The van der Waals surface area contributed by atoms with Crippen LogP contribution in [0.4, 0.5) is 11.4 Å². The molecule has 0 aromatic heterocycles. The largest absolute Gasteiger partial charge is 0.379 e. The van der Waals surface area contributed by atoms with Gasteiger partial charge in [-0.25, -0.2) is 8.42 Å². The zero-order chi connectivity index (χ0) is 14.8. The monoisotopic (exact) mass is 302 g/mol. The van der Waals surface area contributed by atoms with Gasteiger partial charge in [0.15, 0.2) is 0 Å². The van der Waals surface area contributed by atoms with E-state index in [2.05, 4.69) is 5.43 Å². The summed E-state index contributed by atoms with van der Waals surface area (Å²) < 4.78 is 31.0. The Bertz CT molecular complexity index is 612. The van der Waals surface area contributed by atoms with Crippen LogP contribution >= 0.6 is 0 Å². The predicted molar refractivity (Wildman–Crippen MR) is 70.5 cm³/mol. The lowest BCUT2D eigenvalue weighted by Crippen LogP contribution is -2.40. The van der Waals surface area contributed by atoms with E-state index < -0.39 is 14.9 Å². The van der Waals surface area contributed by atoms with E-state index in [4.69, 9.17) is 10.6 Å². The first kappa shape index (κ1) is 14.7. The summed E-state index contributed by atoms with van der Waals surface area (Å²) in [6.07, 6.45) is 0. The van der Waals surface area contributed by atoms with E-state index in [1.165, 1.54) is 16.4 Å². The average molecular weight is 302 g/mol. The normalized spacial score (nSPS) is 16.9. The number of morpholine rings is 1. The maximum Gasteiger partial charge on any atom is 0.294 e. The fourth-order valence-electron chi connectivity index (χ4n) is 1.88. The second kappa shape index (κ2) is 5.71. The number of nitrogens with two attached hydrogens (primary N) is 1. The molecule has 20 heavy (non-hydrogen) atoms. The van der Waals surface area contributed by atoms with Crippen molar-refractivity contribution in [1.29, 1.82) is 0 Å². The van der Waals surface area contributed by atoms with Gasteiger partial charge in [-0.2, -0.15) is 4.31 Å². The van der Waals surface area contributed by atoms with E-state index in [9.17, 15) is 18.5 Å². The molecule has 0 aliphatic carbocycles. The highest BCUT2D eigenvalue weighted by atomic mass is 32.2. The fourth-order valence-corrected chi connectivity index (χ4v) is 3.31. The predicted octanol–water partition coefficient (Wildman–Crippen LogP) is -0.0987. The first-order chi connectivity index (χ1) is 9.46. The maximum absolute atomic E-state index is 12.4. The lowest BCUT2D eigenvalue weighted by molar-refractivity contribution is -0.384. The number of nitrogen functional groups attached to an aromatic ring is 1. The summed E-state index contributed by atoms with van der Waals surface area (Å²) in [5.41, 5.74) is 1.83. The number of ether oxygens (including phenoxy) is 1. The van der Waals surface area contributed by atoms with Crippen molar-refractivity contribution >= 4 is 21.4 Å². The molecule has 0 saturated carbocycles. The second-order valence-corrected chi connectivity index (χ2v) is 6.03. The zero-order valence-corrected chi connectivity index (χ0v) is 11.3. The third-order valence-electron chi connectivity index (χ3n) is 2.93. The van der Waals surface area contributed by atoms with Crippen LogP contribution < -0.4 is 11.3 Å². The topological polar surface area (TPSA) is 128 Å². The molecule has 1 fully saturated rings. The number of benzene rings is 1. The molecular formula is C10H14N4O5S. The van der Waals surface area contributed by atoms with Gasteiger partial charge in [-0.15, -0.1) is 0 Å². The first-order valence-electron chi connectivity index (χ1n) is 5.80. The number of nitrogens with zero attached hydrogens (tertiary/aromatic N) is 2. The van der Waals surface area contributed by atoms with E-state index in [0.29, 0.717) is 13.2 Å². The van der Waals surface area contributed by atoms with Crippen LogP contribution in [0.1, 0.15) is 0 Å². The molecule has 1 aromatic carbocycles. The molecule has 9 nitrogen and oxygen atoms in total. The summed E-state index contributed by atoms with van der Waals surface area (Å²) in [6, 6.07) is 3.55. The standard InChI is InChI=1S/C10H14N4O5S/c11-12-9-2-1-8(7-10(9)14(15)16)20(17,18)13-3-5-19-6-4-13/h1-2,7,12H,3-6,11H2. The Morgan fingerprint density at radius 2 is 2.00 bits per heavy atom. The molecule has 10 heteroatoms. The van der Waals surface area contributed by atoms with Crippen molar-refractivity contribution in [3.63, 3.8) is 0 Å².